The van der Waals surface area contributed by atoms with Crippen LogP contribution in [0.5, 0.6) is 5.75 Å². The fourth-order valence-electron chi connectivity index (χ4n) is 4.22. The number of para-hydroxylation sites is 2. The van der Waals surface area contributed by atoms with Gasteiger partial charge in [0.15, 0.2) is 5.82 Å². The second-order valence-corrected chi connectivity index (χ2v) is 8.88. The van der Waals surface area contributed by atoms with Gasteiger partial charge in [0, 0.05) is 43.0 Å². The van der Waals surface area contributed by atoms with Gasteiger partial charge in [0.2, 0.25) is 4.77 Å². The number of aromatic nitrogens is 4. The van der Waals surface area contributed by atoms with E-state index in [9.17, 15) is 0 Å². The summed E-state index contributed by atoms with van der Waals surface area (Å²) in [5.41, 5.74) is 2.95. The predicted octanol–water partition coefficient (Wildman–Crippen LogP) is 4.91. The maximum Gasteiger partial charge on any atom is 0.204 e. The standard InChI is InChI=1S/C25H25ClN6OS/c1-33-23-7-3-2-6-22(23)30-15-13-29(14-16-30)18-31-25(34)32(21-5-4-12-27-17-21)24(28-31)19-8-10-20(26)11-9-19/h2-12,17H,13-16,18H2,1H3. The van der Waals surface area contributed by atoms with Crippen molar-refractivity contribution in [2.24, 2.45) is 0 Å². The monoisotopic (exact) mass is 492 g/mol. The lowest BCUT2D eigenvalue weighted by Crippen LogP contribution is -2.47. The predicted molar refractivity (Wildman–Crippen MR) is 137 cm³/mol. The summed E-state index contributed by atoms with van der Waals surface area (Å²) in [6, 6.07) is 19.7. The lowest BCUT2D eigenvalue weighted by Gasteiger charge is -2.36. The van der Waals surface area contributed by atoms with Gasteiger partial charge in [-0.05, 0) is 60.7 Å². The van der Waals surface area contributed by atoms with Gasteiger partial charge in [0.25, 0.3) is 0 Å². The summed E-state index contributed by atoms with van der Waals surface area (Å²) in [7, 11) is 1.72. The third-order valence-corrected chi connectivity index (χ3v) is 6.62. The minimum Gasteiger partial charge on any atom is -0.495 e. The molecular formula is C25H25ClN6OS. The maximum atomic E-state index is 6.11. The summed E-state index contributed by atoms with van der Waals surface area (Å²) in [5, 5.41) is 5.60. The second kappa shape index (κ2) is 9.97. The molecule has 3 heterocycles. The molecule has 0 unspecified atom stereocenters. The number of anilines is 1. The van der Waals surface area contributed by atoms with Crippen LogP contribution in [0.3, 0.4) is 0 Å². The van der Waals surface area contributed by atoms with Crippen LogP contribution >= 0.6 is 23.8 Å². The molecule has 34 heavy (non-hydrogen) atoms. The summed E-state index contributed by atoms with van der Waals surface area (Å²) < 4.78 is 10.0. The van der Waals surface area contributed by atoms with Gasteiger partial charge in [0.1, 0.15) is 5.75 Å². The van der Waals surface area contributed by atoms with Crippen molar-refractivity contribution < 1.29 is 4.74 Å². The van der Waals surface area contributed by atoms with E-state index in [0.717, 1.165) is 54.7 Å². The first-order chi connectivity index (χ1) is 16.6. The minimum absolute atomic E-state index is 0.618. The number of methoxy groups -OCH3 is 1. The minimum atomic E-state index is 0.618. The molecule has 5 rings (SSSR count). The van der Waals surface area contributed by atoms with Crippen LogP contribution in [0.25, 0.3) is 17.1 Å². The molecule has 0 aliphatic carbocycles. The number of piperazine rings is 1. The molecule has 0 radical (unpaired) electrons. The second-order valence-electron chi connectivity index (χ2n) is 8.08. The van der Waals surface area contributed by atoms with E-state index < -0.39 is 0 Å². The molecule has 0 saturated carbocycles. The van der Waals surface area contributed by atoms with Crippen LogP contribution in [-0.4, -0.2) is 57.5 Å². The number of pyridine rings is 1. The third kappa shape index (κ3) is 4.57. The summed E-state index contributed by atoms with van der Waals surface area (Å²) >= 11 is 12.0. The normalized spacial score (nSPS) is 14.4. The Balaban J connectivity index is 1.40. The van der Waals surface area contributed by atoms with Crippen molar-refractivity contribution >= 4 is 29.5 Å². The topological polar surface area (TPSA) is 51.4 Å². The largest absolute Gasteiger partial charge is 0.495 e. The van der Waals surface area contributed by atoms with E-state index in [1.165, 1.54) is 0 Å². The molecule has 1 aliphatic heterocycles. The Morgan fingerprint density at radius 3 is 2.44 bits per heavy atom. The molecule has 2 aromatic heterocycles. The molecule has 174 valence electrons. The van der Waals surface area contributed by atoms with E-state index in [4.69, 9.17) is 33.7 Å². The van der Waals surface area contributed by atoms with Crippen LogP contribution in [0.2, 0.25) is 5.02 Å². The van der Waals surface area contributed by atoms with Crippen molar-refractivity contribution in [3.05, 3.63) is 82.9 Å². The molecule has 1 aliphatic rings. The smallest absolute Gasteiger partial charge is 0.204 e. The molecular weight excluding hydrogens is 468 g/mol. The summed E-state index contributed by atoms with van der Waals surface area (Å²) in [5.74, 6) is 1.67. The third-order valence-electron chi connectivity index (χ3n) is 5.98. The zero-order valence-corrected chi connectivity index (χ0v) is 20.4. The van der Waals surface area contributed by atoms with Crippen LogP contribution in [-0.2, 0) is 6.67 Å². The summed E-state index contributed by atoms with van der Waals surface area (Å²) in [6.45, 7) is 4.22. The van der Waals surface area contributed by atoms with E-state index in [2.05, 4.69) is 20.9 Å². The first kappa shape index (κ1) is 22.6. The van der Waals surface area contributed by atoms with Crippen molar-refractivity contribution in [2.75, 3.05) is 38.2 Å². The Labute approximate surface area is 208 Å². The Hall–Kier alpha value is -3.20. The van der Waals surface area contributed by atoms with Gasteiger partial charge >= 0.3 is 0 Å². The van der Waals surface area contributed by atoms with Crippen LogP contribution < -0.4 is 9.64 Å². The molecule has 0 amide bonds. The molecule has 0 spiro atoms. The maximum absolute atomic E-state index is 6.11. The number of hydrogen-bond donors (Lipinski definition) is 0. The van der Waals surface area contributed by atoms with Crippen LogP contribution in [0.1, 0.15) is 0 Å². The number of benzene rings is 2. The molecule has 0 N–H and O–H groups in total. The lowest BCUT2D eigenvalue weighted by molar-refractivity contribution is 0.194. The van der Waals surface area contributed by atoms with E-state index >= 15 is 0 Å². The Morgan fingerprint density at radius 2 is 1.74 bits per heavy atom. The molecule has 2 aromatic carbocycles. The molecule has 1 saturated heterocycles. The van der Waals surface area contributed by atoms with Gasteiger partial charge in [0.05, 0.1) is 31.4 Å². The zero-order chi connectivity index (χ0) is 23.5. The first-order valence-electron chi connectivity index (χ1n) is 11.1. The highest BCUT2D eigenvalue weighted by Crippen LogP contribution is 2.29. The van der Waals surface area contributed by atoms with Gasteiger partial charge in [-0.15, -0.1) is 5.10 Å². The number of nitrogens with zero attached hydrogens (tertiary/aromatic N) is 6. The Kier molecular flexibility index (Phi) is 6.62. The van der Waals surface area contributed by atoms with Crippen molar-refractivity contribution in [3.8, 4) is 22.8 Å². The van der Waals surface area contributed by atoms with E-state index in [-0.39, 0.29) is 0 Å². The highest BCUT2D eigenvalue weighted by atomic mass is 35.5. The summed E-state index contributed by atoms with van der Waals surface area (Å²) in [6.07, 6.45) is 3.55. The molecule has 0 atom stereocenters. The van der Waals surface area contributed by atoms with E-state index in [0.29, 0.717) is 16.5 Å². The molecule has 1 fully saturated rings. The highest BCUT2D eigenvalue weighted by Gasteiger charge is 2.22. The van der Waals surface area contributed by atoms with E-state index in [1.54, 1.807) is 19.5 Å². The molecule has 0 bridgehead atoms. The van der Waals surface area contributed by atoms with Crippen LogP contribution in [0.15, 0.2) is 73.1 Å². The fourth-order valence-corrected chi connectivity index (χ4v) is 4.63. The highest BCUT2D eigenvalue weighted by molar-refractivity contribution is 7.71. The number of rotatable bonds is 6. The van der Waals surface area contributed by atoms with E-state index in [1.807, 2.05) is 63.8 Å². The zero-order valence-electron chi connectivity index (χ0n) is 18.8. The molecule has 7 nitrogen and oxygen atoms in total. The average Bonchev–Trinajstić information content (AvgIpc) is 3.21. The van der Waals surface area contributed by atoms with Crippen molar-refractivity contribution in [2.45, 2.75) is 6.67 Å². The Bertz CT molecular complexity index is 1310. The lowest BCUT2D eigenvalue weighted by atomic mass is 10.2. The number of halogens is 1. The first-order valence-corrected chi connectivity index (χ1v) is 11.9. The van der Waals surface area contributed by atoms with Crippen molar-refractivity contribution in [1.29, 1.82) is 0 Å². The van der Waals surface area contributed by atoms with Crippen LogP contribution in [0.4, 0.5) is 5.69 Å². The van der Waals surface area contributed by atoms with Crippen LogP contribution in [0, 0.1) is 4.77 Å². The number of ether oxygens (including phenoxy) is 1. The van der Waals surface area contributed by atoms with Gasteiger partial charge in [-0.2, -0.15) is 0 Å². The molecule has 9 heteroatoms. The quantitative estimate of drug-likeness (QED) is 0.356. The van der Waals surface area contributed by atoms with Gasteiger partial charge in [-0.1, -0.05) is 23.7 Å². The number of hydrogen-bond acceptors (Lipinski definition) is 6. The van der Waals surface area contributed by atoms with Gasteiger partial charge in [-0.25, -0.2) is 4.68 Å². The average molecular weight is 493 g/mol. The van der Waals surface area contributed by atoms with Gasteiger partial charge < -0.3 is 9.64 Å². The van der Waals surface area contributed by atoms with Crippen molar-refractivity contribution in [3.63, 3.8) is 0 Å². The molecule has 4 aromatic rings. The SMILES string of the molecule is COc1ccccc1N1CCN(Cn2nc(-c3ccc(Cl)cc3)n(-c3cccnc3)c2=S)CC1. The fraction of sp³-hybridized carbons (Fsp3) is 0.240. The van der Waals surface area contributed by atoms with Gasteiger partial charge in [-0.3, -0.25) is 14.5 Å². The Morgan fingerprint density at radius 1 is 0.971 bits per heavy atom. The summed E-state index contributed by atoms with van der Waals surface area (Å²) in [4.78, 5) is 9.01. The van der Waals surface area contributed by atoms with Crippen molar-refractivity contribution in [1.82, 2.24) is 24.2 Å².